The predicted molar refractivity (Wildman–Crippen MR) is 73.6 cm³/mol. The normalized spacial score (nSPS) is 19.7. The van der Waals surface area contributed by atoms with Gasteiger partial charge in [-0.1, -0.05) is 12.5 Å². The third-order valence-corrected chi connectivity index (χ3v) is 3.80. The third kappa shape index (κ3) is 2.32. The average Bonchev–Trinajstić information content (AvgIpc) is 2.41. The molecule has 1 fully saturated rings. The van der Waals surface area contributed by atoms with Crippen molar-refractivity contribution in [1.29, 1.82) is 0 Å². The van der Waals surface area contributed by atoms with Gasteiger partial charge in [0, 0.05) is 6.04 Å². The molecule has 1 aliphatic rings. The molecule has 1 aromatic carbocycles. The second kappa shape index (κ2) is 5.61. The van der Waals surface area contributed by atoms with E-state index in [4.69, 9.17) is 9.47 Å². The molecule has 1 aromatic rings. The fourth-order valence-corrected chi connectivity index (χ4v) is 2.87. The average molecular weight is 249 g/mol. The Kier molecular flexibility index (Phi) is 4.12. The van der Waals surface area contributed by atoms with Crippen LogP contribution in [0.5, 0.6) is 11.5 Å². The van der Waals surface area contributed by atoms with Crippen LogP contribution < -0.4 is 14.8 Å². The zero-order valence-corrected chi connectivity index (χ0v) is 11.8. The van der Waals surface area contributed by atoms with Crippen LogP contribution in [0, 0.1) is 13.8 Å². The summed E-state index contributed by atoms with van der Waals surface area (Å²) in [4.78, 5) is 0. The van der Waals surface area contributed by atoms with Gasteiger partial charge in [-0.25, -0.2) is 0 Å². The molecule has 1 saturated heterocycles. The summed E-state index contributed by atoms with van der Waals surface area (Å²) in [5.41, 5.74) is 3.69. The fourth-order valence-electron chi connectivity index (χ4n) is 2.87. The first-order valence-corrected chi connectivity index (χ1v) is 6.64. The quantitative estimate of drug-likeness (QED) is 0.892. The van der Waals surface area contributed by atoms with Gasteiger partial charge in [-0.05, 0) is 49.9 Å². The van der Waals surface area contributed by atoms with Crippen molar-refractivity contribution in [2.75, 3.05) is 20.8 Å². The summed E-state index contributed by atoms with van der Waals surface area (Å²) in [7, 11) is 3.41. The summed E-state index contributed by atoms with van der Waals surface area (Å²) < 4.78 is 11.0. The molecule has 0 aliphatic carbocycles. The molecule has 1 heterocycles. The number of hydrogen-bond acceptors (Lipinski definition) is 3. The van der Waals surface area contributed by atoms with E-state index < -0.39 is 0 Å². The summed E-state index contributed by atoms with van der Waals surface area (Å²) in [6, 6.07) is 2.69. The van der Waals surface area contributed by atoms with Crippen LogP contribution in [0.1, 0.15) is 42.0 Å². The van der Waals surface area contributed by atoms with E-state index in [0.717, 1.165) is 23.6 Å². The Bertz CT molecular complexity index is 423. The summed E-state index contributed by atoms with van der Waals surface area (Å²) in [5.74, 6) is 1.73. The Morgan fingerprint density at radius 1 is 1.11 bits per heavy atom. The molecule has 0 saturated carbocycles. The molecule has 0 spiro atoms. The zero-order chi connectivity index (χ0) is 13.1. The maximum atomic E-state index is 5.53. The number of piperidine rings is 1. The van der Waals surface area contributed by atoms with Gasteiger partial charge >= 0.3 is 0 Å². The van der Waals surface area contributed by atoms with Crippen molar-refractivity contribution in [3.8, 4) is 11.5 Å². The summed E-state index contributed by atoms with van der Waals surface area (Å²) in [6.07, 6.45) is 3.78. The molecule has 18 heavy (non-hydrogen) atoms. The minimum absolute atomic E-state index is 0.456. The Balaban J connectivity index is 2.44. The number of benzene rings is 1. The molecule has 0 amide bonds. The number of methoxy groups -OCH3 is 2. The van der Waals surface area contributed by atoms with Crippen molar-refractivity contribution >= 4 is 0 Å². The molecule has 1 atom stereocenters. The fraction of sp³-hybridized carbons (Fsp3) is 0.600. The van der Waals surface area contributed by atoms with Gasteiger partial charge in [0.2, 0.25) is 0 Å². The lowest BCUT2D eigenvalue weighted by Gasteiger charge is -2.27. The van der Waals surface area contributed by atoms with Crippen molar-refractivity contribution in [1.82, 2.24) is 5.32 Å². The zero-order valence-electron chi connectivity index (χ0n) is 11.8. The van der Waals surface area contributed by atoms with Gasteiger partial charge in [-0.15, -0.1) is 0 Å². The van der Waals surface area contributed by atoms with Crippen LogP contribution in [-0.2, 0) is 0 Å². The van der Waals surface area contributed by atoms with Crippen LogP contribution in [0.4, 0.5) is 0 Å². The number of ether oxygens (including phenoxy) is 2. The van der Waals surface area contributed by atoms with Crippen LogP contribution in [0.15, 0.2) is 6.07 Å². The summed E-state index contributed by atoms with van der Waals surface area (Å²) in [5, 5.41) is 3.60. The topological polar surface area (TPSA) is 30.5 Å². The van der Waals surface area contributed by atoms with Crippen LogP contribution in [0.25, 0.3) is 0 Å². The van der Waals surface area contributed by atoms with Gasteiger partial charge in [0.15, 0.2) is 11.5 Å². The molecular formula is C15H23NO2. The van der Waals surface area contributed by atoms with E-state index in [1.54, 1.807) is 14.2 Å². The van der Waals surface area contributed by atoms with Gasteiger partial charge in [-0.2, -0.15) is 0 Å². The van der Waals surface area contributed by atoms with E-state index in [1.807, 2.05) is 0 Å². The first kappa shape index (κ1) is 13.2. The SMILES string of the molecule is COc1c(C)cc(C2CCCCN2)c(C)c1OC. The highest BCUT2D eigenvalue weighted by atomic mass is 16.5. The minimum atomic E-state index is 0.456. The predicted octanol–water partition coefficient (Wildman–Crippen LogP) is 3.14. The smallest absolute Gasteiger partial charge is 0.164 e. The van der Waals surface area contributed by atoms with E-state index >= 15 is 0 Å². The van der Waals surface area contributed by atoms with Gasteiger partial charge in [0.05, 0.1) is 14.2 Å². The maximum absolute atomic E-state index is 5.53. The second-order valence-corrected chi connectivity index (χ2v) is 4.98. The van der Waals surface area contributed by atoms with E-state index in [9.17, 15) is 0 Å². The molecular weight excluding hydrogens is 226 g/mol. The lowest BCUT2D eigenvalue weighted by atomic mass is 9.92. The molecule has 1 unspecified atom stereocenters. The van der Waals surface area contributed by atoms with Crippen LogP contribution in [-0.4, -0.2) is 20.8 Å². The number of aryl methyl sites for hydroxylation is 1. The number of rotatable bonds is 3. The standard InChI is InChI=1S/C15H23NO2/c1-10-9-12(13-7-5-6-8-16-13)11(2)15(18-4)14(10)17-3/h9,13,16H,5-8H2,1-4H3. The largest absolute Gasteiger partial charge is 0.493 e. The summed E-state index contributed by atoms with van der Waals surface area (Å²) >= 11 is 0. The summed E-state index contributed by atoms with van der Waals surface area (Å²) in [6.45, 7) is 5.30. The number of hydrogen-bond donors (Lipinski definition) is 1. The molecule has 1 aliphatic heterocycles. The lowest BCUT2D eigenvalue weighted by molar-refractivity contribution is 0.347. The Morgan fingerprint density at radius 3 is 2.39 bits per heavy atom. The van der Waals surface area contributed by atoms with E-state index in [1.165, 1.54) is 30.4 Å². The van der Waals surface area contributed by atoms with Gasteiger partial charge in [0.25, 0.3) is 0 Å². The van der Waals surface area contributed by atoms with Crippen molar-refractivity contribution in [2.24, 2.45) is 0 Å². The minimum Gasteiger partial charge on any atom is -0.493 e. The molecule has 0 aromatic heterocycles. The van der Waals surface area contributed by atoms with Gasteiger partial charge in [0.1, 0.15) is 0 Å². The van der Waals surface area contributed by atoms with Crippen LogP contribution in [0.2, 0.25) is 0 Å². The Hall–Kier alpha value is -1.22. The Labute approximate surface area is 109 Å². The van der Waals surface area contributed by atoms with E-state index in [0.29, 0.717) is 6.04 Å². The molecule has 1 N–H and O–H groups in total. The maximum Gasteiger partial charge on any atom is 0.164 e. The van der Waals surface area contributed by atoms with Crippen LogP contribution >= 0.6 is 0 Å². The molecule has 2 rings (SSSR count). The molecule has 3 nitrogen and oxygen atoms in total. The Morgan fingerprint density at radius 2 is 1.83 bits per heavy atom. The highest BCUT2D eigenvalue weighted by Gasteiger charge is 2.21. The molecule has 3 heteroatoms. The van der Waals surface area contributed by atoms with Crippen molar-refractivity contribution < 1.29 is 9.47 Å². The van der Waals surface area contributed by atoms with E-state index in [2.05, 4.69) is 25.2 Å². The van der Waals surface area contributed by atoms with Gasteiger partial charge < -0.3 is 14.8 Å². The molecule has 0 bridgehead atoms. The third-order valence-electron chi connectivity index (χ3n) is 3.80. The number of nitrogens with one attached hydrogen (secondary N) is 1. The highest BCUT2D eigenvalue weighted by Crippen LogP contribution is 2.39. The van der Waals surface area contributed by atoms with Crippen LogP contribution in [0.3, 0.4) is 0 Å². The van der Waals surface area contributed by atoms with Gasteiger partial charge in [-0.3, -0.25) is 0 Å². The molecule has 100 valence electrons. The highest BCUT2D eigenvalue weighted by molar-refractivity contribution is 5.55. The van der Waals surface area contributed by atoms with Crippen molar-refractivity contribution in [2.45, 2.75) is 39.2 Å². The van der Waals surface area contributed by atoms with E-state index in [-0.39, 0.29) is 0 Å². The van der Waals surface area contributed by atoms with Crippen molar-refractivity contribution in [3.05, 3.63) is 22.8 Å². The first-order valence-electron chi connectivity index (χ1n) is 6.64. The molecule has 0 radical (unpaired) electrons. The van der Waals surface area contributed by atoms with Crippen molar-refractivity contribution in [3.63, 3.8) is 0 Å². The monoisotopic (exact) mass is 249 g/mol. The first-order chi connectivity index (χ1) is 8.69. The lowest BCUT2D eigenvalue weighted by Crippen LogP contribution is -2.27. The second-order valence-electron chi connectivity index (χ2n) is 4.98.